The van der Waals surface area contributed by atoms with E-state index in [1.54, 1.807) is 24.3 Å². The van der Waals surface area contributed by atoms with Crippen LogP contribution in [0.1, 0.15) is 5.56 Å². The number of halogens is 1. The number of azo groups is 1. The summed E-state index contributed by atoms with van der Waals surface area (Å²) in [4.78, 5) is 14.7. The number of nitrogens with zero attached hydrogens (tertiary/aromatic N) is 3. The van der Waals surface area contributed by atoms with Crippen molar-refractivity contribution < 1.29 is 0 Å². The molecule has 3 aromatic rings. The molecule has 1 aromatic heterocycles. The predicted molar refractivity (Wildman–Crippen MR) is 93.5 cm³/mol. The van der Waals surface area contributed by atoms with E-state index in [4.69, 9.17) is 11.6 Å². The van der Waals surface area contributed by atoms with Crippen LogP contribution < -0.4 is 5.69 Å². The van der Waals surface area contributed by atoms with Gasteiger partial charge >= 0.3 is 5.69 Å². The number of aromatic nitrogens is 2. The first-order valence-electron chi connectivity index (χ1n) is 6.86. The lowest BCUT2D eigenvalue weighted by atomic mass is 10.2. The molecule has 23 heavy (non-hydrogen) atoms. The number of hydrogen-bond acceptors (Lipinski definition) is 4. The van der Waals surface area contributed by atoms with Crippen molar-refractivity contribution in [3.8, 4) is 0 Å². The van der Waals surface area contributed by atoms with Crippen molar-refractivity contribution >= 4 is 35.7 Å². The molecule has 0 saturated carbocycles. The summed E-state index contributed by atoms with van der Waals surface area (Å²) in [5.41, 5.74) is 1.37. The summed E-state index contributed by atoms with van der Waals surface area (Å²) in [6.45, 7) is 0.422. The lowest BCUT2D eigenvalue weighted by molar-refractivity contribution is 0.702. The van der Waals surface area contributed by atoms with Gasteiger partial charge in [0.15, 0.2) is 5.82 Å². The lowest BCUT2D eigenvalue weighted by Gasteiger charge is -2.03. The van der Waals surface area contributed by atoms with Gasteiger partial charge < -0.3 is 0 Å². The molecule has 5 nitrogen and oxygen atoms in total. The van der Waals surface area contributed by atoms with Crippen LogP contribution in [0.4, 0.5) is 11.5 Å². The van der Waals surface area contributed by atoms with Crippen molar-refractivity contribution in [1.82, 2.24) is 9.55 Å². The predicted octanol–water partition coefficient (Wildman–Crippen LogP) is 4.58. The van der Waals surface area contributed by atoms with Crippen LogP contribution >= 0.6 is 24.2 Å². The number of hydrogen-bond donors (Lipinski definition) is 2. The highest BCUT2D eigenvalue weighted by atomic mass is 35.5. The number of H-pyrrole nitrogens is 1. The van der Waals surface area contributed by atoms with Crippen LogP contribution in [0.3, 0.4) is 0 Å². The summed E-state index contributed by atoms with van der Waals surface area (Å²) in [5, 5.41) is 9.20. The first-order chi connectivity index (χ1) is 11.1. The SMILES string of the molecule is O=c1[nH]c(N=Nc2ccc(Cl)cc2)c(S)n1Cc1ccccc1. The molecule has 0 aliphatic heterocycles. The number of thiol groups is 1. The number of aromatic amines is 1. The second-order valence-corrected chi connectivity index (χ2v) is 5.71. The Labute approximate surface area is 143 Å². The monoisotopic (exact) mass is 344 g/mol. The zero-order valence-corrected chi connectivity index (χ0v) is 13.6. The van der Waals surface area contributed by atoms with E-state index >= 15 is 0 Å². The Balaban J connectivity index is 1.86. The van der Waals surface area contributed by atoms with E-state index in [0.29, 0.717) is 28.1 Å². The summed E-state index contributed by atoms with van der Waals surface area (Å²) in [6.07, 6.45) is 0. The number of imidazole rings is 1. The third kappa shape index (κ3) is 3.72. The molecule has 7 heteroatoms. The van der Waals surface area contributed by atoms with Crippen LogP contribution in [0.15, 0.2) is 74.6 Å². The van der Waals surface area contributed by atoms with Gasteiger partial charge in [-0.2, -0.15) is 0 Å². The fourth-order valence-corrected chi connectivity index (χ4v) is 2.43. The normalized spacial score (nSPS) is 11.2. The highest BCUT2D eigenvalue weighted by molar-refractivity contribution is 7.80. The van der Waals surface area contributed by atoms with Gasteiger partial charge in [-0.05, 0) is 29.8 Å². The largest absolute Gasteiger partial charge is 0.328 e. The molecule has 0 atom stereocenters. The van der Waals surface area contributed by atoms with E-state index in [1.165, 1.54) is 4.57 Å². The molecule has 0 spiro atoms. The van der Waals surface area contributed by atoms with Crippen LogP contribution in [0, 0.1) is 0 Å². The van der Waals surface area contributed by atoms with Crippen molar-refractivity contribution in [3.05, 3.63) is 75.7 Å². The Bertz CT molecular complexity index is 885. The van der Waals surface area contributed by atoms with Crippen LogP contribution in [-0.2, 0) is 6.54 Å². The molecule has 1 heterocycles. The first-order valence-corrected chi connectivity index (χ1v) is 7.69. The van der Waals surface area contributed by atoms with Crippen molar-refractivity contribution in [1.29, 1.82) is 0 Å². The average molecular weight is 345 g/mol. The highest BCUT2D eigenvalue weighted by Crippen LogP contribution is 2.23. The smallest absolute Gasteiger partial charge is 0.288 e. The molecule has 0 unspecified atom stereocenters. The summed E-state index contributed by atoms with van der Waals surface area (Å²) in [5.74, 6) is 0.323. The molecule has 0 aliphatic carbocycles. The summed E-state index contributed by atoms with van der Waals surface area (Å²) in [7, 11) is 0. The zero-order chi connectivity index (χ0) is 16.2. The third-order valence-corrected chi connectivity index (χ3v) is 3.92. The molecule has 0 radical (unpaired) electrons. The number of benzene rings is 2. The van der Waals surface area contributed by atoms with Gasteiger partial charge in [-0.1, -0.05) is 41.9 Å². The number of rotatable bonds is 4. The van der Waals surface area contributed by atoms with Crippen LogP contribution in [0.25, 0.3) is 0 Å². The topological polar surface area (TPSA) is 62.5 Å². The molecule has 0 fully saturated rings. The van der Waals surface area contributed by atoms with Crippen LogP contribution in [-0.4, -0.2) is 9.55 Å². The molecule has 1 N–H and O–H groups in total. The van der Waals surface area contributed by atoms with Gasteiger partial charge in [0.05, 0.1) is 12.2 Å². The van der Waals surface area contributed by atoms with Gasteiger partial charge in [0.2, 0.25) is 0 Å². The maximum atomic E-state index is 12.1. The van der Waals surface area contributed by atoms with E-state index < -0.39 is 0 Å². The van der Waals surface area contributed by atoms with Crippen LogP contribution in [0.2, 0.25) is 5.02 Å². The molecule has 116 valence electrons. The summed E-state index contributed by atoms with van der Waals surface area (Å²) in [6, 6.07) is 16.6. The Kier molecular flexibility index (Phi) is 4.64. The van der Waals surface area contributed by atoms with E-state index in [9.17, 15) is 4.79 Å². The molecule has 0 bridgehead atoms. The molecule has 0 aliphatic rings. The van der Waals surface area contributed by atoms with E-state index in [1.807, 2.05) is 30.3 Å². The Morgan fingerprint density at radius 2 is 1.74 bits per heavy atom. The molecule has 0 amide bonds. The Morgan fingerprint density at radius 3 is 2.43 bits per heavy atom. The van der Waals surface area contributed by atoms with Crippen molar-refractivity contribution in [2.45, 2.75) is 11.6 Å². The molecule has 0 saturated heterocycles. The van der Waals surface area contributed by atoms with Gasteiger partial charge in [0.1, 0.15) is 5.03 Å². The molecule has 3 rings (SSSR count). The highest BCUT2D eigenvalue weighted by Gasteiger charge is 2.10. The van der Waals surface area contributed by atoms with E-state index in [2.05, 4.69) is 27.8 Å². The Hall–Kier alpha value is -2.31. The molecule has 2 aromatic carbocycles. The van der Waals surface area contributed by atoms with Gasteiger partial charge in [0.25, 0.3) is 0 Å². The number of nitrogens with one attached hydrogen (secondary N) is 1. The van der Waals surface area contributed by atoms with Crippen molar-refractivity contribution in [2.24, 2.45) is 10.2 Å². The van der Waals surface area contributed by atoms with E-state index in [-0.39, 0.29) is 5.69 Å². The zero-order valence-electron chi connectivity index (χ0n) is 12.0. The van der Waals surface area contributed by atoms with Crippen LogP contribution in [0.5, 0.6) is 0 Å². The minimum Gasteiger partial charge on any atom is -0.288 e. The minimum absolute atomic E-state index is 0.274. The second-order valence-electron chi connectivity index (χ2n) is 4.85. The fraction of sp³-hybridized carbons (Fsp3) is 0.0625. The van der Waals surface area contributed by atoms with Gasteiger partial charge in [-0.3, -0.25) is 9.55 Å². The third-order valence-electron chi connectivity index (χ3n) is 3.21. The minimum atomic E-state index is -0.274. The maximum Gasteiger partial charge on any atom is 0.328 e. The average Bonchev–Trinajstić information content (AvgIpc) is 2.83. The standard InChI is InChI=1S/C16H13ClN4OS/c17-12-6-8-13(9-7-12)19-20-14-15(23)21(16(22)18-14)10-11-4-2-1-3-5-11/h1-9,23H,10H2,(H,18,22). The van der Waals surface area contributed by atoms with Gasteiger partial charge in [-0.15, -0.1) is 22.9 Å². The fourth-order valence-electron chi connectivity index (χ4n) is 2.05. The maximum absolute atomic E-state index is 12.1. The van der Waals surface area contributed by atoms with Crippen molar-refractivity contribution in [2.75, 3.05) is 0 Å². The summed E-state index contributed by atoms with van der Waals surface area (Å²) < 4.78 is 1.51. The Morgan fingerprint density at radius 1 is 1.04 bits per heavy atom. The second kappa shape index (κ2) is 6.85. The molecular weight excluding hydrogens is 332 g/mol. The van der Waals surface area contributed by atoms with Gasteiger partial charge in [-0.25, -0.2) is 4.79 Å². The van der Waals surface area contributed by atoms with Crippen molar-refractivity contribution in [3.63, 3.8) is 0 Å². The lowest BCUT2D eigenvalue weighted by Crippen LogP contribution is -2.17. The quantitative estimate of drug-likeness (QED) is 0.528. The summed E-state index contributed by atoms with van der Waals surface area (Å²) >= 11 is 10.2. The van der Waals surface area contributed by atoms with Gasteiger partial charge in [0, 0.05) is 5.02 Å². The first kappa shape index (κ1) is 15.6. The van der Waals surface area contributed by atoms with E-state index in [0.717, 1.165) is 5.56 Å². The molecular formula is C16H13ClN4OS.